The quantitative estimate of drug-likeness (QED) is 0.703. The van der Waals surface area contributed by atoms with Gasteiger partial charge in [0.05, 0.1) is 12.0 Å². The molecule has 8 nitrogen and oxygen atoms in total. The minimum Gasteiger partial charge on any atom is -0.354 e. The van der Waals surface area contributed by atoms with Gasteiger partial charge in [0.15, 0.2) is 11.5 Å². The van der Waals surface area contributed by atoms with Crippen molar-refractivity contribution in [2.45, 2.75) is 19.3 Å². The van der Waals surface area contributed by atoms with Crippen LogP contribution < -0.4 is 9.80 Å². The molecule has 0 unspecified atom stereocenters. The number of H-pyrrole nitrogens is 1. The molecule has 0 spiro atoms. The molecule has 2 aliphatic rings. The zero-order chi connectivity index (χ0) is 17.3. The number of imidazole rings is 1. The first kappa shape index (κ1) is 15.2. The lowest BCUT2D eigenvalue weighted by atomic mass is 10.1. The Labute approximate surface area is 151 Å². The van der Waals surface area contributed by atoms with Crippen molar-refractivity contribution in [3.8, 4) is 0 Å². The Morgan fingerprint density at radius 2 is 1.69 bits per heavy atom. The Kier molecular flexibility index (Phi) is 3.73. The molecule has 0 radical (unpaired) electrons. The molecule has 26 heavy (non-hydrogen) atoms. The van der Waals surface area contributed by atoms with E-state index in [4.69, 9.17) is 0 Å². The topological polar surface area (TPSA) is 86.7 Å². The summed E-state index contributed by atoms with van der Waals surface area (Å²) in [6.45, 7) is 3.69. The summed E-state index contributed by atoms with van der Waals surface area (Å²) >= 11 is 0. The van der Waals surface area contributed by atoms with Crippen LogP contribution in [0.1, 0.15) is 17.7 Å². The molecule has 3 aromatic rings. The summed E-state index contributed by atoms with van der Waals surface area (Å²) in [4.78, 5) is 30.0. The first-order valence-electron chi connectivity index (χ1n) is 9.02. The maximum Gasteiger partial charge on any atom is 0.182 e. The summed E-state index contributed by atoms with van der Waals surface area (Å²) in [7, 11) is 0. The molecule has 0 saturated heterocycles. The van der Waals surface area contributed by atoms with E-state index in [1.807, 2.05) is 0 Å². The normalized spacial score (nSPS) is 17.4. The summed E-state index contributed by atoms with van der Waals surface area (Å²) in [6.07, 6.45) is 12.3. The fourth-order valence-electron chi connectivity index (χ4n) is 3.82. The van der Waals surface area contributed by atoms with E-state index in [1.165, 1.54) is 5.56 Å². The number of nitrogens with zero attached hydrogens (tertiary/aromatic N) is 7. The van der Waals surface area contributed by atoms with Crippen LogP contribution in [0.3, 0.4) is 0 Å². The maximum absolute atomic E-state index is 4.62. The highest BCUT2D eigenvalue weighted by atomic mass is 15.2. The Morgan fingerprint density at radius 3 is 2.62 bits per heavy atom. The van der Waals surface area contributed by atoms with Crippen LogP contribution in [0.4, 0.5) is 11.6 Å². The second-order valence-corrected chi connectivity index (χ2v) is 6.61. The first-order valence-corrected chi connectivity index (χ1v) is 9.02. The lowest BCUT2D eigenvalue weighted by molar-refractivity contribution is 0.780. The van der Waals surface area contributed by atoms with Crippen LogP contribution in [0, 0.1) is 0 Å². The largest absolute Gasteiger partial charge is 0.354 e. The highest BCUT2D eigenvalue weighted by Crippen LogP contribution is 2.27. The summed E-state index contributed by atoms with van der Waals surface area (Å²) in [5.41, 5.74) is 4.03. The zero-order valence-electron chi connectivity index (χ0n) is 14.5. The molecule has 8 heteroatoms. The minimum absolute atomic E-state index is 0.706. The monoisotopic (exact) mass is 348 g/mol. The molecular weight excluding hydrogens is 328 g/mol. The van der Waals surface area contributed by atoms with Gasteiger partial charge in [0, 0.05) is 38.2 Å². The molecular formula is C18H20N8. The van der Waals surface area contributed by atoms with Crippen molar-refractivity contribution in [2.75, 3.05) is 36.0 Å². The van der Waals surface area contributed by atoms with Crippen molar-refractivity contribution in [1.82, 2.24) is 29.9 Å². The maximum atomic E-state index is 4.62. The highest BCUT2D eigenvalue weighted by molar-refractivity contribution is 5.82. The van der Waals surface area contributed by atoms with Gasteiger partial charge in [-0.1, -0.05) is 12.2 Å². The van der Waals surface area contributed by atoms with Crippen molar-refractivity contribution in [3.05, 3.63) is 42.4 Å². The lowest BCUT2D eigenvalue weighted by Crippen LogP contribution is -2.29. The molecule has 5 rings (SSSR count). The van der Waals surface area contributed by atoms with Crippen LogP contribution in [0.15, 0.2) is 31.1 Å². The minimum atomic E-state index is 0.706. The Bertz CT molecular complexity index is 963. The van der Waals surface area contributed by atoms with Crippen LogP contribution in [-0.2, 0) is 12.8 Å². The van der Waals surface area contributed by atoms with Gasteiger partial charge in [0.1, 0.15) is 24.0 Å². The summed E-state index contributed by atoms with van der Waals surface area (Å²) < 4.78 is 0. The highest BCUT2D eigenvalue weighted by Gasteiger charge is 2.23. The SMILES string of the molecule is C1=CCN(c2ncnc3c2CCN(c2ncnc4nc[nH]c24)CC3)CC1. The number of anilines is 2. The number of aromatic amines is 1. The van der Waals surface area contributed by atoms with Gasteiger partial charge < -0.3 is 14.8 Å². The second kappa shape index (κ2) is 6.36. The molecule has 0 aromatic carbocycles. The van der Waals surface area contributed by atoms with E-state index < -0.39 is 0 Å². The van der Waals surface area contributed by atoms with Crippen LogP contribution in [0.2, 0.25) is 0 Å². The number of hydrogen-bond donors (Lipinski definition) is 1. The predicted octanol–water partition coefficient (Wildman–Crippen LogP) is 1.51. The first-order chi connectivity index (χ1) is 12.9. The fraction of sp³-hybridized carbons (Fsp3) is 0.389. The average Bonchev–Trinajstić information content (AvgIpc) is 3.08. The van der Waals surface area contributed by atoms with E-state index in [2.05, 4.69) is 51.9 Å². The lowest BCUT2D eigenvalue weighted by Gasteiger charge is -2.27. The van der Waals surface area contributed by atoms with Crippen molar-refractivity contribution in [1.29, 1.82) is 0 Å². The third-order valence-electron chi connectivity index (χ3n) is 5.12. The molecule has 0 aliphatic carbocycles. The van der Waals surface area contributed by atoms with E-state index in [9.17, 15) is 0 Å². The number of fused-ring (bicyclic) bond motifs is 2. The molecule has 2 aliphatic heterocycles. The second-order valence-electron chi connectivity index (χ2n) is 6.61. The average molecular weight is 348 g/mol. The third-order valence-corrected chi connectivity index (χ3v) is 5.12. The Hall–Kier alpha value is -3.03. The molecule has 0 atom stereocenters. The van der Waals surface area contributed by atoms with Gasteiger partial charge in [-0.3, -0.25) is 0 Å². The van der Waals surface area contributed by atoms with Crippen molar-refractivity contribution < 1.29 is 0 Å². The summed E-state index contributed by atoms with van der Waals surface area (Å²) in [5, 5.41) is 0. The van der Waals surface area contributed by atoms with Gasteiger partial charge in [0.25, 0.3) is 0 Å². The van der Waals surface area contributed by atoms with E-state index in [-0.39, 0.29) is 0 Å². The summed E-state index contributed by atoms with van der Waals surface area (Å²) in [6, 6.07) is 0. The van der Waals surface area contributed by atoms with Crippen molar-refractivity contribution in [3.63, 3.8) is 0 Å². The number of nitrogens with one attached hydrogen (secondary N) is 1. The van der Waals surface area contributed by atoms with E-state index in [0.717, 1.165) is 68.3 Å². The molecule has 3 aromatic heterocycles. The Balaban J connectivity index is 1.46. The standard InChI is InChI=1S/C18H20N8/c1-2-6-25(7-3-1)17-13-4-8-26(9-5-14(13)19-10-23-17)18-15-16(21-11-20-15)22-12-24-18/h1-2,10-12H,3-9H2,(H,20,21,22,24). The molecule has 0 amide bonds. The van der Waals surface area contributed by atoms with Gasteiger partial charge in [-0.05, 0) is 12.8 Å². The van der Waals surface area contributed by atoms with E-state index >= 15 is 0 Å². The molecule has 0 bridgehead atoms. The number of rotatable bonds is 2. The van der Waals surface area contributed by atoms with Gasteiger partial charge in [-0.25, -0.2) is 24.9 Å². The van der Waals surface area contributed by atoms with Crippen LogP contribution in [0.25, 0.3) is 11.2 Å². The molecule has 1 N–H and O–H groups in total. The molecule has 0 saturated carbocycles. The number of hydrogen-bond acceptors (Lipinski definition) is 7. The summed E-state index contributed by atoms with van der Waals surface area (Å²) in [5.74, 6) is 2.01. The molecule has 5 heterocycles. The number of aromatic nitrogens is 6. The smallest absolute Gasteiger partial charge is 0.182 e. The van der Waals surface area contributed by atoms with Gasteiger partial charge in [0.2, 0.25) is 0 Å². The Morgan fingerprint density at radius 1 is 0.808 bits per heavy atom. The zero-order valence-corrected chi connectivity index (χ0v) is 14.5. The van der Waals surface area contributed by atoms with Crippen LogP contribution in [-0.4, -0.2) is 56.1 Å². The predicted molar refractivity (Wildman–Crippen MR) is 99.3 cm³/mol. The fourth-order valence-corrected chi connectivity index (χ4v) is 3.82. The molecule has 0 fully saturated rings. The molecule has 132 valence electrons. The van der Waals surface area contributed by atoms with E-state index in [1.54, 1.807) is 19.0 Å². The van der Waals surface area contributed by atoms with Crippen LogP contribution in [0.5, 0.6) is 0 Å². The van der Waals surface area contributed by atoms with Gasteiger partial charge in [-0.2, -0.15) is 0 Å². The third kappa shape index (κ3) is 2.58. The van der Waals surface area contributed by atoms with Gasteiger partial charge >= 0.3 is 0 Å². The van der Waals surface area contributed by atoms with Crippen molar-refractivity contribution in [2.24, 2.45) is 0 Å². The van der Waals surface area contributed by atoms with Crippen molar-refractivity contribution >= 4 is 22.8 Å². The van der Waals surface area contributed by atoms with Gasteiger partial charge in [-0.15, -0.1) is 0 Å². The van der Waals surface area contributed by atoms with Crippen LogP contribution >= 0.6 is 0 Å². The van der Waals surface area contributed by atoms with E-state index in [0.29, 0.717) is 5.65 Å².